The Morgan fingerprint density at radius 3 is 2.45 bits per heavy atom. The molecule has 5 nitrogen and oxygen atoms in total. The maximum absolute atomic E-state index is 14.2. The van der Waals surface area contributed by atoms with E-state index in [2.05, 4.69) is 0 Å². The van der Waals surface area contributed by atoms with Gasteiger partial charge in [0.15, 0.2) is 15.9 Å². The first kappa shape index (κ1) is 21.3. The van der Waals surface area contributed by atoms with E-state index in [0.29, 0.717) is 17.7 Å². The largest absolute Gasteiger partial charge is 0.481 e. The van der Waals surface area contributed by atoms with Gasteiger partial charge in [-0.2, -0.15) is 0 Å². The lowest BCUT2D eigenvalue weighted by Crippen LogP contribution is -2.46. The van der Waals surface area contributed by atoms with Gasteiger partial charge in [0.1, 0.15) is 11.6 Å². The Hall–Kier alpha value is -2.41. The molecule has 0 unspecified atom stereocenters. The Balaban J connectivity index is 1.84. The Morgan fingerprint density at radius 1 is 1.21 bits per heavy atom. The molecule has 2 aromatic rings. The molecule has 29 heavy (non-hydrogen) atoms. The van der Waals surface area contributed by atoms with Gasteiger partial charge in [0.25, 0.3) is 5.91 Å². The highest BCUT2D eigenvalue weighted by molar-refractivity contribution is 7.91. The summed E-state index contributed by atoms with van der Waals surface area (Å²) >= 11 is 0. The van der Waals surface area contributed by atoms with Crippen LogP contribution in [0.1, 0.15) is 30.0 Å². The average molecular weight is 420 g/mol. The summed E-state index contributed by atoms with van der Waals surface area (Å²) in [6.45, 7) is 5.53. The number of ether oxygens (including phenoxy) is 1. The minimum atomic E-state index is -3.20. The molecule has 0 aliphatic carbocycles. The number of carbonyl (C=O) groups excluding carboxylic acids is 1. The first-order chi connectivity index (χ1) is 13.6. The lowest BCUT2D eigenvalue weighted by molar-refractivity contribution is -0.140. The summed E-state index contributed by atoms with van der Waals surface area (Å²) in [5.41, 5.74) is 2.39. The maximum atomic E-state index is 14.2. The lowest BCUT2D eigenvalue weighted by atomic mass is 10.1. The molecule has 0 aromatic heterocycles. The van der Waals surface area contributed by atoms with Gasteiger partial charge in [-0.05, 0) is 56.5 Å². The highest BCUT2D eigenvalue weighted by atomic mass is 32.2. The van der Waals surface area contributed by atoms with E-state index >= 15 is 0 Å². The Kier molecular flexibility index (Phi) is 6.27. The van der Waals surface area contributed by atoms with E-state index in [1.165, 1.54) is 11.0 Å². The van der Waals surface area contributed by atoms with E-state index in [4.69, 9.17) is 4.74 Å². The smallest absolute Gasteiger partial charge is 0.263 e. The van der Waals surface area contributed by atoms with Crippen molar-refractivity contribution in [3.05, 3.63) is 65.0 Å². The van der Waals surface area contributed by atoms with E-state index < -0.39 is 27.8 Å². The van der Waals surface area contributed by atoms with Crippen molar-refractivity contribution in [3.8, 4) is 5.75 Å². The summed E-state index contributed by atoms with van der Waals surface area (Å²) < 4.78 is 44.0. The van der Waals surface area contributed by atoms with Crippen molar-refractivity contribution in [1.29, 1.82) is 0 Å². The van der Waals surface area contributed by atoms with E-state index in [0.717, 1.165) is 11.1 Å². The molecule has 1 aliphatic rings. The third kappa shape index (κ3) is 5.35. The molecule has 2 atom stereocenters. The van der Waals surface area contributed by atoms with Crippen LogP contribution in [-0.2, 0) is 21.2 Å². The van der Waals surface area contributed by atoms with Gasteiger partial charge < -0.3 is 9.64 Å². The van der Waals surface area contributed by atoms with E-state index in [-0.39, 0.29) is 24.0 Å². The third-order valence-corrected chi connectivity index (χ3v) is 6.84. The fraction of sp³-hybridized carbons (Fsp3) is 0.409. The second kappa shape index (κ2) is 8.53. The SMILES string of the molecule is Cc1cc(C)cc(O[C@H](C)C(=O)N(Cc2ccccc2F)[C@H]2CCS(=O)(=O)C2)c1. The number of nitrogens with zero attached hydrogens (tertiary/aromatic N) is 1. The lowest BCUT2D eigenvalue weighted by Gasteiger charge is -2.31. The predicted octanol–water partition coefficient (Wildman–Crippen LogP) is 3.43. The van der Waals surface area contributed by atoms with Crippen LogP contribution in [-0.4, -0.2) is 42.9 Å². The predicted molar refractivity (Wildman–Crippen MR) is 110 cm³/mol. The highest BCUT2D eigenvalue weighted by Gasteiger charge is 2.37. The molecule has 0 spiro atoms. The Bertz CT molecular complexity index is 985. The van der Waals surface area contributed by atoms with Crippen LogP contribution in [0, 0.1) is 19.7 Å². The van der Waals surface area contributed by atoms with Crippen molar-refractivity contribution >= 4 is 15.7 Å². The number of amides is 1. The fourth-order valence-electron chi connectivity index (χ4n) is 3.71. The van der Waals surface area contributed by atoms with E-state index in [1.54, 1.807) is 25.1 Å². The minimum Gasteiger partial charge on any atom is -0.481 e. The second-order valence-electron chi connectivity index (χ2n) is 7.70. The topological polar surface area (TPSA) is 63.7 Å². The number of hydrogen-bond donors (Lipinski definition) is 0. The van der Waals surface area contributed by atoms with Crippen molar-refractivity contribution in [1.82, 2.24) is 4.90 Å². The molecule has 2 aromatic carbocycles. The summed E-state index contributed by atoms with van der Waals surface area (Å²) in [6, 6.07) is 11.4. The van der Waals surface area contributed by atoms with Crippen molar-refractivity contribution in [2.45, 2.75) is 45.9 Å². The second-order valence-corrected chi connectivity index (χ2v) is 9.93. The first-order valence-electron chi connectivity index (χ1n) is 9.64. The summed E-state index contributed by atoms with van der Waals surface area (Å²) in [4.78, 5) is 14.7. The molecule has 1 saturated heterocycles. The zero-order chi connectivity index (χ0) is 21.2. The molecular weight excluding hydrogens is 393 g/mol. The first-order valence-corrected chi connectivity index (χ1v) is 11.5. The van der Waals surface area contributed by atoms with Crippen molar-refractivity contribution in [3.63, 3.8) is 0 Å². The number of sulfone groups is 1. The molecule has 1 fully saturated rings. The molecule has 1 amide bonds. The van der Waals surface area contributed by atoms with Crippen LogP contribution in [0.4, 0.5) is 4.39 Å². The van der Waals surface area contributed by atoms with Crippen LogP contribution in [0.3, 0.4) is 0 Å². The van der Waals surface area contributed by atoms with Crippen LogP contribution in [0.25, 0.3) is 0 Å². The number of aryl methyl sites for hydroxylation is 2. The summed E-state index contributed by atoms with van der Waals surface area (Å²) in [5, 5.41) is 0. The zero-order valence-corrected chi connectivity index (χ0v) is 17.7. The number of benzene rings is 2. The third-order valence-electron chi connectivity index (χ3n) is 5.09. The van der Waals surface area contributed by atoms with Crippen LogP contribution >= 0.6 is 0 Å². The molecule has 0 bridgehead atoms. The van der Waals surface area contributed by atoms with Gasteiger partial charge in [-0.25, -0.2) is 12.8 Å². The fourth-order valence-corrected chi connectivity index (χ4v) is 5.44. The molecule has 0 radical (unpaired) electrons. The van der Waals surface area contributed by atoms with Crippen LogP contribution in [0.15, 0.2) is 42.5 Å². The quantitative estimate of drug-likeness (QED) is 0.720. The van der Waals surface area contributed by atoms with Crippen LogP contribution in [0.5, 0.6) is 5.75 Å². The number of rotatable bonds is 6. The molecular formula is C22H26FNO4S. The van der Waals surface area contributed by atoms with E-state index in [1.807, 2.05) is 32.0 Å². The summed E-state index contributed by atoms with van der Waals surface area (Å²) in [6.07, 6.45) is -0.481. The van der Waals surface area contributed by atoms with Gasteiger partial charge in [-0.3, -0.25) is 4.79 Å². The van der Waals surface area contributed by atoms with Gasteiger partial charge in [-0.15, -0.1) is 0 Å². The maximum Gasteiger partial charge on any atom is 0.263 e. The molecule has 7 heteroatoms. The molecule has 156 valence electrons. The normalized spacial score (nSPS) is 19.0. The summed E-state index contributed by atoms with van der Waals surface area (Å²) in [7, 11) is -3.20. The zero-order valence-electron chi connectivity index (χ0n) is 16.9. The number of hydrogen-bond acceptors (Lipinski definition) is 4. The summed E-state index contributed by atoms with van der Waals surface area (Å²) in [5.74, 6) is -0.272. The van der Waals surface area contributed by atoms with Crippen LogP contribution < -0.4 is 4.74 Å². The van der Waals surface area contributed by atoms with E-state index in [9.17, 15) is 17.6 Å². The van der Waals surface area contributed by atoms with Crippen molar-refractivity contribution in [2.24, 2.45) is 0 Å². The average Bonchev–Trinajstić information content (AvgIpc) is 2.99. The van der Waals surface area contributed by atoms with Gasteiger partial charge in [-0.1, -0.05) is 24.3 Å². The van der Waals surface area contributed by atoms with Crippen molar-refractivity contribution < 1.29 is 22.3 Å². The molecule has 1 heterocycles. The monoisotopic (exact) mass is 419 g/mol. The number of halogens is 1. The van der Waals surface area contributed by atoms with Crippen LogP contribution in [0.2, 0.25) is 0 Å². The standard InChI is InChI=1S/C22H26FNO4S/c1-15-10-16(2)12-20(11-15)28-17(3)22(25)24(19-8-9-29(26,27)14-19)13-18-6-4-5-7-21(18)23/h4-7,10-12,17,19H,8-9,13-14H2,1-3H3/t17-,19+/m1/s1. The molecule has 0 N–H and O–H groups in total. The molecule has 0 saturated carbocycles. The van der Waals surface area contributed by atoms with Gasteiger partial charge in [0, 0.05) is 18.2 Å². The molecule has 1 aliphatic heterocycles. The minimum absolute atomic E-state index is 0.00619. The highest BCUT2D eigenvalue weighted by Crippen LogP contribution is 2.24. The molecule has 3 rings (SSSR count). The Morgan fingerprint density at radius 2 is 1.86 bits per heavy atom. The van der Waals surface area contributed by atoms with Gasteiger partial charge in [0.2, 0.25) is 0 Å². The van der Waals surface area contributed by atoms with Crippen molar-refractivity contribution in [2.75, 3.05) is 11.5 Å². The van der Waals surface area contributed by atoms with Gasteiger partial charge >= 0.3 is 0 Å². The Labute approximate surface area is 171 Å². The number of carbonyl (C=O) groups is 1. The van der Waals surface area contributed by atoms with Gasteiger partial charge in [0.05, 0.1) is 11.5 Å².